The van der Waals surface area contributed by atoms with Gasteiger partial charge in [0.25, 0.3) is 0 Å². The lowest BCUT2D eigenvalue weighted by Gasteiger charge is -2.34. The topological polar surface area (TPSA) is 32.3 Å². The van der Waals surface area contributed by atoms with Crippen LogP contribution in [0.25, 0.3) is 22.2 Å². The second-order valence-corrected chi connectivity index (χ2v) is 6.55. The number of hydrogen-bond donors (Lipinski definition) is 0. The Balaban J connectivity index is 1.72. The number of aryl methyl sites for hydroxylation is 1. The fourth-order valence-electron chi connectivity index (χ4n) is 3.31. The molecule has 1 fully saturated rings. The number of piperazine rings is 1. The van der Waals surface area contributed by atoms with Crippen LogP contribution in [-0.4, -0.2) is 48.1 Å². The highest BCUT2D eigenvalue weighted by atomic mass is 15.2. The predicted octanol–water partition coefficient (Wildman–Crippen LogP) is 3.36. The second-order valence-electron chi connectivity index (χ2n) is 6.55. The minimum absolute atomic E-state index is 1.01. The highest BCUT2D eigenvalue weighted by molar-refractivity contribution is 5.88. The molecule has 1 saturated heterocycles. The maximum Gasteiger partial charge on any atom is 0.0713 e. The number of benzene rings is 1. The van der Waals surface area contributed by atoms with Gasteiger partial charge in [0, 0.05) is 55.2 Å². The molecule has 0 spiro atoms. The Kier molecular flexibility index (Phi) is 3.90. The third-order valence-electron chi connectivity index (χ3n) is 4.84. The fraction of sp³-hybridized carbons (Fsp3) is 0.300. The summed E-state index contributed by atoms with van der Waals surface area (Å²) >= 11 is 0. The zero-order valence-corrected chi connectivity index (χ0v) is 14.2. The summed E-state index contributed by atoms with van der Waals surface area (Å²) in [6.45, 7) is 6.59. The van der Waals surface area contributed by atoms with Crippen molar-refractivity contribution >= 4 is 16.6 Å². The van der Waals surface area contributed by atoms with Gasteiger partial charge in [0.2, 0.25) is 0 Å². The molecule has 3 aromatic rings. The Morgan fingerprint density at radius 2 is 1.67 bits per heavy atom. The minimum Gasteiger partial charge on any atom is -0.369 e. The van der Waals surface area contributed by atoms with Crippen LogP contribution in [0.3, 0.4) is 0 Å². The zero-order chi connectivity index (χ0) is 16.5. The fourth-order valence-corrected chi connectivity index (χ4v) is 3.31. The molecular formula is C20H22N4. The first-order chi connectivity index (χ1) is 11.7. The molecule has 4 heteroatoms. The summed E-state index contributed by atoms with van der Waals surface area (Å²) in [5.41, 5.74) is 5.74. The minimum atomic E-state index is 1.01. The highest BCUT2D eigenvalue weighted by Gasteiger charge is 2.15. The van der Waals surface area contributed by atoms with Crippen LogP contribution in [0.4, 0.5) is 5.69 Å². The summed E-state index contributed by atoms with van der Waals surface area (Å²) < 4.78 is 0. The Labute approximate surface area is 142 Å². The van der Waals surface area contributed by atoms with E-state index >= 15 is 0 Å². The molecule has 0 aliphatic carbocycles. The number of nitrogens with zero attached hydrogens (tertiary/aromatic N) is 4. The third kappa shape index (κ3) is 2.85. The summed E-state index contributed by atoms with van der Waals surface area (Å²) in [5.74, 6) is 0. The highest BCUT2D eigenvalue weighted by Crippen LogP contribution is 2.28. The Morgan fingerprint density at radius 1 is 0.917 bits per heavy atom. The van der Waals surface area contributed by atoms with Crippen LogP contribution in [0.2, 0.25) is 0 Å². The van der Waals surface area contributed by atoms with Gasteiger partial charge in [-0.05, 0) is 55.9 Å². The Bertz CT molecular complexity index is 852. The maximum absolute atomic E-state index is 4.85. The third-order valence-corrected chi connectivity index (χ3v) is 4.84. The molecule has 1 aromatic carbocycles. The van der Waals surface area contributed by atoms with Crippen molar-refractivity contribution in [2.45, 2.75) is 6.92 Å². The molecule has 0 N–H and O–H groups in total. The summed E-state index contributed by atoms with van der Waals surface area (Å²) in [6, 6.07) is 12.8. The van der Waals surface area contributed by atoms with Crippen molar-refractivity contribution in [1.29, 1.82) is 0 Å². The van der Waals surface area contributed by atoms with Crippen molar-refractivity contribution in [3.8, 4) is 11.3 Å². The molecule has 1 aliphatic heterocycles. The first-order valence-corrected chi connectivity index (χ1v) is 8.46. The van der Waals surface area contributed by atoms with Gasteiger partial charge in [0.05, 0.1) is 11.2 Å². The molecule has 122 valence electrons. The van der Waals surface area contributed by atoms with Gasteiger partial charge < -0.3 is 9.80 Å². The van der Waals surface area contributed by atoms with E-state index in [0.717, 1.165) is 43.0 Å². The molecule has 0 atom stereocenters. The van der Waals surface area contributed by atoms with Crippen LogP contribution >= 0.6 is 0 Å². The summed E-state index contributed by atoms with van der Waals surface area (Å²) in [7, 11) is 2.19. The molecule has 0 radical (unpaired) electrons. The number of anilines is 1. The first kappa shape index (κ1) is 15.1. The Morgan fingerprint density at radius 3 is 2.42 bits per heavy atom. The quantitative estimate of drug-likeness (QED) is 0.725. The summed E-state index contributed by atoms with van der Waals surface area (Å²) in [4.78, 5) is 13.8. The number of likely N-dealkylation sites (N-methyl/N-ethyl adjacent to an activating group) is 1. The van der Waals surface area contributed by atoms with Crippen molar-refractivity contribution in [2.24, 2.45) is 0 Å². The number of fused-ring (bicyclic) bond motifs is 1. The van der Waals surface area contributed by atoms with E-state index in [4.69, 9.17) is 4.98 Å². The van der Waals surface area contributed by atoms with Crippen LogP contribution in [0, 0.1) is 6.92 Å². The van der Waals surface area contributed by atoms with E-state index < -0.39 is 0 Å². The number of hydrogen-bond acceptors (Lipinski definition) is 4. The van der Waals surface area contributed by atoms with E-state index in [1.807, 2.05) is 24.5 Å². The number of aromatic nitrogens is 2. The van der Waals surface area contributed by atoms with Gasteiger partial charge in [0.1, 0.15) is 0 Å². The number of rotatable bonds is 2. The average Bonchev–Trinajstić information content (AvgIpc) is 2.63. The monoisotopic (exact) mass is 318 g/mol. The predicted molar refractivity (Wildman–Crippen MR) is 99.4 cm³/mol. The zero-order valence-electron chi connectivity index (χ0n) is 14.2. The van der Waals surface area contributed by atoms with Crippen molar-refractivity contribution in [3.63, 3.8) is 0 Å². The van der Waals surface area contributed by atoms with Crippen molar-refractivity contribution in [2.75, 3.05) is 38.1 Å². The van der Waals surface area contributed by atoms with Crippen molar-refractivity contribution in [3.05, 3.63) is 54.4 Å². The van der Waals surface area contributed by atoms with Crippen molar-refractivity contribution in [1.82, 2.24) is 14.9 Å². The van der Waals surface area contributed by atoms with Gasteiger partial charge in [-0.2, -0.15) is 0 Å². The molecule has 24 heavy (non-hydrogen) atoms. The molecule has 0 amide bonds. The molecule has 3 heterocycles. The largest absolute Gasteiger partial charge is 0.369 e. The maximum atomic E-state index is 4.85. The molecule has 0 unspecified atom stereocenters. The molecule has 2 aromatic heterocycles. The lowest BCUT2D eigenvalue weighted by atomic mass is 10.0. The first-order valence-electron chi connectivity index (χ1n) is 8.46. The molecular weight excluding hydrogens is 296 g/mol. The van der Waals surface area contributed by atoms with Gasteiger partial charge in [-0.25, -0.2) is 4.98 Å². The van der Waals surface area contributed by atoms with E-state index in [2.05, 4.69) is 53.0 Å². The van der Waals surface area contributed by atoms with Crippen molar-refractivity contribution < 1.29 is 0 Å². The SMILES string of the molecule is Cc1cc(-c2ccncc2)nc2ccc(N3CCN(C)CC3)cc12. The standard InChI is InChI=1S/C20H22N4/c1-15-13-20(16-5-7-21-8-6-16)22-19-4-3-17(14-18(15)19)24-11-9-23(2)10-12-24/h3-8,13-14H,9-12H2,1-2H3. The van der Waals surface area contributed by atoms with Crippen LogP contribution in [0.1, 0.15) is 5.56 Å². The van der Waals surface area contributed by atoms with E-state index in [1.165, 1.54) is 16.6 Å². The van der Waals surface area contributed by atoms with Gasteiger partial charge >= 0.3 is 0 Å². The van der Waals surface area contributed by atoms with E-state index in [0.29, 0.717) is 0 Å². The van der Waals surface area contributed by atoms with Gasteiger partial charge in [-0.15, -0.1) is 0 Å². The smallest absolute Gasteiger partial charge is 0.0713 e. The molecule has 4 rings (SSSR count). The molecule has 1 aliphatic rings. The van der Waals surface area contributed by atoms with Crippen LogP contribution in [-0.2, 0) is 0 Å². The van der Waals surface area contributed by atoms with Gasteiger partial charge in [-0.3, -0.25) is 4.98 Å². The van der Waals surface area contributed by atoms with E-state index in [-0.39, 0.29) is 0 Å². The molecule has 0 bridgehead atoms. The molecule has 4 nitrogen and oxygen atoms in total. The normalized spacial score (nSPS) is 15.8. The van der Waals surface area contributed by atoms with Gasteiger partial charge in [-0.1, -0.05) is 0 Å². The average molecular weight is 318 g/mol. The molecule has 0 saturated carbocycles. The summed E-state index contributed by atoms with van der Waals surface area (Å²) in [5, 5.41) is 1.24. The lowest BCUT2D eigenvalue weighted by Crippen LogP contribution is -2.44. The van der Waals surface area contributed by atoms with Crippen LogP contribution in [0.5, 0.6) is 0 Å². The van der Waals surface area contributed by atoms with Crippen LogP contribution < -0.4 is 4.90 Å². The summed E-state index contributed by atoms with van der Waals surface area (Å²) in [6.07, 6.45) is 3.63. The van der Waals surface area contributed by atoms with Crippen LogP contribution in [0.15, 0.2) is 48.8 Å². The van der Waals surface area contributed by atoms with E-state index in [1.54, 1.807) is 0 Å². The second kappa shape index (κ2) is 6.21. The van der Waals surface area contributed by atoms with Gasteiger partial charge in [0.15, 0.2) is 0 Å². The lowest BCUT2D eigenvalue weighted by molar-refractivity contribution is 0.313. The van der Waals surface area contributed by atoms with E-state index in [9.17, 15) is 0 Å². The number of pyridine rings is 2. The Hall–Kier alpha value is -2.46.